The molecule has 0 aromatic carbocycles. The molecule has 1 N–H and O–H groups in total. The highest BCUT2D eigenvalue weighted by molar-refractivity contribution is 7.91. The van der Waals surface area contributed by atoms with Crippen molar-refractivity contribution in [3.8, 4) is 0 Å². The number of piperidine rings is 1. The van der Waals surface area contributed by atoms with Gasteiger partial charge in [-0.3, -0.25) is 4.90 Å². The van der Waals surface area contributed by atoms with Crippen LogP contribution in [0, 0.1) is 0 Å². The van der Waals surface area contributed by atoms with Crippen LogP contribution in [0.15, 0.2) is 0 Å². The second-order valence-corrected chi connectivity index (χ2v) is 6.55. The van der Waals surface area contributed by atoms with E-state index in [2.05, 4.69) is 0 Å². The Morgan fingerprint density at radius 1 is 1.40 bits per heavy atom. The van der Waals surface area contributed by atoms with E-state index in [1.807, 2.05) is 11.8 Å². The maximum Gasteiger partial charge on any atom is 0.151 e. The molecule has 1 aliphatic rings. The van der Waals surface area contributed by atoms with E-state index in [1.165, 1.54) is 0 Å². The highest BCUT2D eigenvalue weighted by atomic mass is 32.2. The Morgan fingerprint density at radius 3 is 2.73 bits per heavy atom. The smallest absolute Gasteiger partial charge is 0.151 e. The molecular formula is C10H21NO3S. The molecule has 1 atom stereocenters. The molecule has 0 radical (unpaired) electrons. The molecule has 1 heterocycles. The van der Waals surface area contributed by atoms with Gasteiger partial charge in [0.15, 0.2) is 9.84 Å². The van der Waals surface area contributed by atoms with E-state index in [9.17, 15) is 13.5 Å². The minimum Gasteiger partial charge on any atom is -0.392 e. The predicted molar refractivity (Wildman–Crippen MR) is 60.6 cm³/mol. The first-order valence-corrected chi connectivity index (χ1v) is 7.46. The number of aliphatic hydroxyl groups is 1. The van der Waals surface area contributed by atoms with Gasteiger partial charge in [0.25, 0.3) is 0 Å². The summed E-state index contributed by atoms with van der Waals surface area (Å²) in [6, 6.07) is 0. The third kappa shape index (κ3) is 4.95. The lowest BCUT2D eigenvalue weighted by Gasteiger charge is -2.29. The minimum atomic E-state index is -2.87. The molecule has 0 spiro atoms. The first-order valence-electron chi connectivity index (χ1n) is 5.64. The third-order valence-corrected chi connectivity index (χ3v) is 4.55. The fourth-order valence-electron chi connectivity index (χ4n) is 1.92. The van der Waals surface area contributed by atoms with Crippen LogP contribution in [0.3, 0.4) is 0 Å². The van der Waals surface area contributed by atoms with Crippen molar-refractivity contribution in [2.75, 3.05) is 31.1 Å². The molecule has 4 nitrogen and oxygen atoms in total. The van der Waals surface area contributed by atoms with Crippen LogP contribution in [0.25, 0.3) is 0 Å². The molecule has 0 aromatic heterocycles. The summed E-state index contributed by atoms with van der Waals surface area (Å²) >= 11 is 0. The molecule has 0 aromatic rings. The van der Waals surface area contributed by atoms with Crippen LogP contribution in [0.2, 0.25) is 0 Å². The lowest BCUT2D eigenvalue weighted by Crippen LogP contribution is -2.40. The normalized spacial score (nSPS) is 24.3. The van der Waals surface area contributed by atoms with Crippen molar-refractivity contribution in [1.29, 1.82) is 0 Å². The van der Waals surface area contributed by atoms with Crippen LogP contribution in [-0.2, 0) is 9.84 Å². The Bertz CT molecular complexity index is 276. The number of hydrogen-bond donors (Lipinski definition) is 1. The van der Waals surface area contributed by atoms with Crippen molar-refractivity contribution in [2.24, 2.45) is 0 Å². The van der Waals surface area contributed by atoms with E-state index in [-0.39, 0.29) is 17.6 Å². The molecule has 1 rings (SSSR count). The molecule has 90 valence electrons. The highest BCUT2D eigenvalue weighted by Gasteiger charge is 2.19. The van der Waals surface area contributed by atoms with Crippen molar-refractivity contribution in [1.82, 2.24) is 4.90 Å². The average Bonchev–Trinajstić information content (AvgIpc) is 2.15. The molecule has 0 unspecified atom stereocenters. The van der Waals surface area contributed by atoms with Gasteiger partial charge in [-0.2, -0.15) is 0 Å². The largest absolute Gasteiger partial charge is 0.392 e. The van der Waals surface area contributed by atoms with E-state index in [4.69, 9.17) is 0 Å². The van der Waals surface area contributed by atoms with E-state index in [1.54, 1.807) is 0 Å². The van der Waals surface area contributed by atoms with Gasteiger partial charge in [-0.05, 0) is 25.8 Å². The lowest BCUT2D eigenvalue weighted by molar-refractivity contribution is 0.0741. The summed E-state index contributed by atoms with van der Waals surface area (Å²) in [5.41, 5.74) is 0. The van der Waals surface area contributed by atoms with Crippen LogP contribution < -0.4 is 0 Å². The lowest BCUT2D eigenvalue weighted by atomic mass is 10.1. The predicted octanol–water partition coefficient (Wildman–Crippen LogP) is 0.268. The Labute approximate surface area is 92.2 Å². The molecule has 0 amide bonds. The van der Waals surface area contributed by atoms with Crippen molar-refractivity contribution in [3.05, 3.63) is 0 Å². The fourth-order valence-corrected chi connectivity index (χ4v) is 3.28. The van der Waals surface area contributed by atoms with Crippen molar-refractivity contribution < 1.29 is 13.5 Å². The zero-order valence-corrected chi connectivity index (χ0v) is 10.2. The van der Waals surface area contributed by atoms with Crippen LogP contribution in [0.1, 0.15) is 26.2 Å². The minimum absolute atomic E-state index is 0.230. The molecular weight excluding hydrogens is 214 g/mol. The van der Waals surface area contributed by atoms with E-state index >= 15 is 0 Å². The van der Waals surface area contributed by atoms with Crippen LogP contribution in [-0.4, -0.2) is 55.7 Å². The third-order valence-electron chi connectivity index (χ3n) is 2.71. The molecule has 0 saturated carbocycles. The molecule has 1 fully saturated rings. The summed E-state index contributed by atoms with van der Waals surface area (Å²) in [6.07, 6.45) is 2.23. The Morgan fingerprint density at radius 2 is 2.13 bits per heavy atom. The number of sulfone groups is 1. The number of rotatable bonds is 5. The molecule has 5 heteroatoms. The average molecular weight is 235 g/mol. The highest BCUT2D eigenvalue weighted by Crippen LogP contribution is 2.09. The van der Waals surface area contributed by atoms with Crippen LogP contribution in [0.5, 0.6) is 0 Å². The fraction of sp³-hybridized carbons (Fsp3) is 1.00. The topological polar surface area (TPSA) is 57.6 Å². The standard InChI is InChI=1S/C10H21NO3S/c1-2-7-15(13,14)8-6-11-5-3-4-10(12)9-11/h10,12H,2-9H2,1H3/t10-/m0/s1. The van der Waals surface area contributed by atoms with Gasteiger partial charge in [0.05, 0.1) is 11.9 Å². The second-order valence-electron chi connectivity index (χ2n) is 4.25. The van der Waals surface area contributed by atoms with Gasteiger partial charge in [-0.15, -0.1) is 0 Å². The number of likely N-dealkylation sites (tertiary alicyclic amines) is 1. The van der Waals surface area contributed by atoms with Crippen molar-refractivity contribution in [3.63, 3.8) is 0 Å². The van der Waals surface area contributed by atoms with E-state index in [0.717, 1.165) is 19.4 Å². The quantitative estimate of drug-likeness (QED) is 0.743. The number of aliphatic hydroxyl groups excluding tert-OH is 1. The monoisotopic (exact) mass is 235 g/mol. The number of nitrogens with zero attached hydrogens (tertiary/aromatic N) is 1. The second kappa shape index (κ2) is 5.82. The van der Waals surface area contributed by atoms with Crippen molar-refractivity contribution >= 4 is 9.84 Å². The van der Waals surface area contributed by atoms with Crippen molar-refractivity contribution in [2.45, 2.75) is 32.3 Å². The molecule has 1 saturated heterocycles. The Kier molecular flexibility index (Phi) is 5.02. The molecule has 0 aliphatic carbocycles. The van der Waals surface area contributed by atoms with Gasteiger partial charge in [0.2, 0.25) is 0 Å². The summed E-state index contributed by atoms with van der Waals surface area (Å²) in [7, 11) is -2.87. The zero-order chi connectivity index (χ0) is 11.3. The number of hydrogen-bond acceptors (Lipinski definition) is 4. The SMILES string of the molecule is CCCS(=O)(=O)CCN1CCC[C@H](O)C1. The van der Waals surface area contributed by atoms with Gasteiger partial charge in [0.1, 0.15) is 0 Å². The molecule has 15 heavy (non-hydrogen) atoms. The summed E-state index contributed by atoms with van der Waals surface area (Å²) in [5.74, 6) is 0.511. The molecule has 0 bridgehead atoms. The van der Waals surface area contributed by atoms with Gasteiger partial charge < -0.3 is 5.11 Å². The van der Waals surface area contributed by atoms with Gasteiger partial charge in [-0.25, -0.2) is 8.42 Å². The van der Waals surface area contributed by atoms with Gasteiger partial charge in [0, 0.05) is 18.8 Å². The Balaban J connectivity index is 2.30. The maximum atomic E-state index is 11.5. The van der Waals surface area contributed by atoms with Gasteiger partial charge in [-0.1, -0.05) is 6.92 Å². The molecule has 1 aliphatic heterocycles. The zero-order valence-electron chi connectivity index (χ0n) is 9.35. The Hall–Kier alpha value is -0.130. The summed E-state index contributed by atoms with van der Waals surface area (Å²) in [5, 5.41) is 9.42. The van der Waals surface area contributed by atoms with E-state index in [0.29, 0.717) is 19.5 Å². The van der Waals surface area contributed by atoms with Crippen LogP contribution in [0.4, 0.5) is 0 Å². The number of β-amino-alcohol motifs (C(OH)–C–C–N with tert-alkyl or cyclic N) is 1. The van der Waals surface area contributed by atoms with E-state index < -0.39 is 9.84 Å². The first-order chi connectivity index (χ1) is 7.03. The van der Waals surface area contributed by atoms with Crippen LogP contribution >= 0.6 is 0 Å². The summed E-state index contributed by atoms with van der Waals surface area (Å²) in [6.45, 7) is 3.99. The summed E-state index contributed by atoms with van der Waals surface area (Å²) in [4.78, 5) is 2.04. The summed E-state index contributed by atoms with van der Waals surface area (Å²) < 4.78 is 22.9. The van der Waals surface area contributed by atoms with Gasteiger partial charge >= 0.3 is 0 Å². The first kappa shape index (κ1) is 12.9. The maximum absolute atomic E-state index is 11.5.